The fourth-order valence-corrected chi connectivity index (χ4v) is 3.56. The molecular weight excluding hydrogens is 388 g/mol. The second kappa shape index (κ2) is 6.96. The van der Waals surface area contributed by atoms with E-state index in [9.17, 15) is 13.9 Å². The van der Waals surface area contributed by atoms with Gasteiger partial charge in [0.1, 0.15) is 29.9 Å². The molecule has 9 heteroatoms. The minimum absolute atomic E-state index is 0.0606. The summed E-state index contributed by atoms with van der Waals surface area (Å²) in [6, 6.07) is 7.61. The molecule has 28 heavy (non-hydrogen) atoms. The van der Waals surface area contributed by atoms with E-state index in [4.69, 9.17) is 11.6 Å². The van der Waals surface area contributed by atoms with Gasteiger partial charge in [-0.25, -0.2) is 18.4 Å². The molecule has 4 aromatic rings. The molecule has 0 saturated heterocycles. The summed E-state index contributed by atoms with van der Waals surface area (Å²) < 4.78 is 31.1. The van der Waals surface area contributed by atoms with E-state index in [1.807, 2.05) is 0 Å². The molecule has 2 atom stereocenters. The van der Waals surface area contributed by atoms with Crippen molar-refractivity contribution < 1.29 is 13.9 Å². The van der Waals surface area contributed by atoms with E-state index in [0.29, 0.717) is 5.02 Å². The first-order valence-corrected chi connectivity index (χ1v) is 8.89. The number of rotatable bonds is 5. The molecule has 1 N–H and O–H groups in total. The summed E-state index contributed by atoms with van der Waals surface area (Å²) in [5.41, 5.74) is -1.13. The van der Waals surface area contributed by atoms with E-state index in [-0.39, 0.29) is 12.1 Å². The van der Waals surface area contributed by atoms with Gasteiger partial charge in [-0.2, -0.15) is 10.2 Å². The van der Waals surface area contributed by atoms with Gasteiger partial charge in [-0.05, 0) is 31.2 Å². The number of nitrogens with zero attached hydrogens (tertiary/aromatic N) is 5. The van der Waals surface area contributed by atoms with Crippen LogP contribution in [0.15, 0.2) is 55.2 Å². The van der Waals surface area contributed by atoms with Gasteiger partial charge in [-0.3, -0.25) is 4.68 Å². The van der Waals surface area contributed by atoms with Crippen LogP contribution in [0.4, 0.5) is 8.78 Å². The molecule has 0 aliphatic heterocycles. The van der Waals surface area contributed by atoms with Gasteiger partial charge in [0.05, 0.1) is 24.3 Å². The summed E-state index contributed by atoms with van der Waals surface area (Å²) in [4.78, 5) is 3.87. The Kier molecular flexibility index (Phi) is 4.60. The summed E-state index contributed by atoms with van der Waals surface area (Å²) in [5.74, 6) is -1.58. The molecule has 0 bridgehead atoms. The maximum Gasteiger partial charge on any atom is 0.137 e. The molecule has 2 aromatic carbocycles. The van der Waals surface area contributed by atoms with Gasteiger partial charge in [-0.1, -0.05) is 17.7 Å². The van der Waals surface area contributed by atoms with Crippen LogP contribution in [0.25, 0.3) is 10.9 Å². The number of halogens is 3. The Morgan fingerprint density at radius 3 is 2.71 bits per heavy atom. The first-order chi connectivity index (χ1) is 13.4. The lowest BCUT2D eigenvalue weighted by molar-refractivity contribution is -0.0354. The minimum Gasteiger partial charge on any atom is -0.381 e. The van der Waals surface area contributed by atoms with Crippen LogP contribution < -0.4 is 0 Å². The van der Waals surface area contributed by atoms with Crippen molar-refractivity contribution in [2.75, 3.05) is 0 Å². The molecule has 2 heterocycles. The molecule has 0 spiro atoms. The van der Waals surface area contributed by atoms with E-state index in [2.05, 4.69) is 15.2 Å². The molecule has 2 aromatic heterocycles. The predicted octanol–water partition coefficient (Wildman–Crippen LogP) is 3.71. The van der Waals surface area contributed by atoms with Crippen molar-refractivity contribution in [1.82, 2.24) is 24.5 Å². The first-order valence-electron chi connectivity index (χ1n) is 8.51. The largest absolute Gasteiger partial charge is 0.381 e. The Hall–Kier alpha value is -2.84. The monoisotopic (exact) mass is 403 g/mol. The van der Waals surface area contributed by atoms with Crippen LogP contribution in [0, 0.1) is 11.6 Å². The van der Waals surface area contributed by atoms with Crippen molar-refractivity contribution in [3.8, 4) is 0 Å². The van der Waals surface area contributed by atoms with Gasteiger partial charge < -0.3 is 5.11 Å². The zero-order valence-electron chi connectivity index (χ0n) is 14.8. The Labute approximate surface area is 164 Å². The van der Waals surface area contributed by atoms with E-state index >= 15 is 0 Å². The van der Waals surface area contributed by atoms with Crippen LogP contribution >= 0.6 is 11.6 Å². The summed E-state index contributed by atoms with van der Waals surface area (Å²) in [6.45, 7) is 1.60. The highest BCUT2D eigenvalue weighted by atomic mass is 35.5. The van der Waals surface area contributed by atoms with Crippen LogP contribution in [-0.2, 0) is 12.1 Å². The number of hydrogen-bond donors (Lipinski definition) is 1. The van der Waals surface area contributed by atoms with Gasteiger partial charge in [0.15, 0.2) is 0 Å². The average Bonchev–Trinajstić information content (AvgIpc) is 3.30. The van der Waals surface area contributed by atoms with E-state index in [1.54, 1.807) is 36.0 Å². The maximum atomic E-state index is 14.7. The molecule has 0 saturated carbocycles. The summed E-state index contributed by atoms with van der Waals surface area (Å²) >= 11 is 6.03. The van der Waals surface area contributed by atoms with E-state index < -0.39 is 23.3 Å². The van der Waals surface area contributed by atoms with Crippen LogP contribution in [-0.4, -0.2) is 29.7 Å². The number of hydrogen-bond acceptors (Lipinski definition) is 4. The zero-order chi connectivity index (χ0) is 19.9. The molecule has 0 aliphatic rings. The van der Waals surface area contributed by atoms with Crippen molar-refractivity contribution in [1.29, 1.82) is 0 Å². The highest BCUT2D eigenvalue weighted by Gasteiger charge is 2.41. The third kappa shape index (κ3) is 3.14. The molecular formula is C19H16ClF2N5O. The van der Waals surface area contributed by atoms with Crippen LogP contribution in [0.1, 0.15) is 18.5 Å². The smallest absolute Gasteiger partial charge is 0.137 e. The van der Waals surface area contributed by atoms with Gasteiger partial charge in [0, 0.05) is 22.0 Å². The Bertz CT molecular complexity index is 1130. The SMILES string of the molecule is C[C@@H](n1ncc2cc(Cl)ccc21)[C@](O)(Cn1cncn1)c1ccc(F)cc1F. The fourth-order valence-electron chi connectivity index (χ4n) is 3.38. The van der Waals surface area contributed by atoms with Gasteiger partial charge in [-0.15, -0.1) is 0 Å². The fraction of sp³-hybridized carbons (Fsp3) is 0.211. The average molecular weight is 404 g/mol. The lowest BCUT2D eigenvalue weighted by atomic mass is 9.86. The van der Waals surface area contributed by atoms with Gasteiger partial charge in [0.25, 0.3) is 0 Å². The van der Waals surface area contributed by atoms with Gasteiger partial charge in [0.2, 0.25) is 0 Å². The molecule has 0 amide bonds. The second-order valence-corrected chi connectivity index (χ2v) is 7.05. The highest BCUT2D eigenvalue weighted by Crippen LogP contribution is 2.38. The van der Waals surface area contributed by atoms with E-state index in [0.717, 1.165) is 23.0 Å². The highest BCUT2D eigenvalue weighted by molar-refractivity contribution is 6.31. The third-order valence-electron chi connectivity index (χ3n) is 4.88. The normalized spacial score (nSPS) is 14.9. The molecule has 0 unspecified atom stereocenters. The molecule has 0 fully saturated rings. The third-order valence-corrected chi connectivity index (χ3v) is 5.12. The predicted molar refractivity (Wildman–Crippen MR) is 99.7 cm³/mol. The first kappa shape index (κ1) is 18.5. The van der Waals surface area contributed by atoms with Crippen molar-refractivity contribution in [3.63, 3.8) is 0 Å². The van der Waals surface area contributed by atoms with Crippen molar-refractivity contribution in [3.05, 3.63) is 77.5 Å². The Balaban J connectivity index is 1.86. The Morgan fingerprint density at radius 1 is 1.18 bits per heavy atom. The van der Waals surface area contributed by atoms with Crippen molar-refractivity contribution in [2.45, 2.75) is 25.1 Å². The molecule has 4 rings (SSSR count). The Morgan fingerprint density at radius 2 is 2.00 bits per heavy atom. The van der Waals surface area contributed by atoms with Crippen molar-refractivity contribution >= 4 is 22.5 Å². The van der Waals surface area contributed by atoms with Crippen LogP contribution in [0.3, 0.4) is 0 Å². The quantitative estimate of drug-likeness (QED) is 0.551. The standard InChI is InChI=1S/C19H16ClF2N5O/c1-12(27-18-5-2-14(20)6-13(18)8-24-27)19(28,9-26-11-23-10-25-26)16-4-3-15(21)7-17(16)22/h2-8,10-12,28H,9H2,1H3/t12-,19-/m1/s1. The lowest BCUT2D eigenvalue weighted by Crippen LogP contribution is -2.41. The maximum absolute atomic E-state index is 14.7. The van der Waals surface area contributed by atoms with Crippen LogP contribution in [0.5, 0.6) is 0 Å². The lowest BCUT2D eigenvalue weighted by Gasteiger charge is -2.35. The molecule has 144 valence electrons. The number of fused-ring (bicyclic) bond motifs is 1. The topological polar surface area (TPSA) is 68.8 Å². The number of aromatic nitrogens is 5. The van der Waals surface area contributed by atoms with Crippen LogP contribution in [0.2, 0.25) is 5.02 Å². The van der Waals surface area contributed by atoms with Gasteiger partial charge >= 0.3 is 0 Å². The molecule has 6 nitrogen and oxygen atoms in total. The molecule has 0 radical (unpaired) electrons. The number of aliphatic hydroxyl groups is 1. The zero-order valence-corrected chi connectivity index (χ0v) is 15.6. The molecule has 0 aliphatic carbocycles. The summed E-state index contributed by atoms with van der Waals surface area (Å²) in [7, 11) is 0. The van der Waals surface area contributed by atoms with Crippen molar-refractivity contribution in [2.24, 2.45) is 0 Å². The summed E-state index contributed by atoms with van der Waals surface area (Å²) in [6.07, 6.45) is 4.35. The minimum atomic E-state index is -1.79. The number of benzene rings is 2. The summed E-state index contributed by atoms with van der Waals surface area (Å²) in [5, 5.41) is 21.4. The van der Waals surface area contributed by atoms with E-state index in [1.165, 1.54) is 23.4 Å². The second-order valence-electron chi connectivity index (χ2n) is 6.61.